The van der Waals surface area contributed by atoms with E-state index in [2.05, 4.69) is 10.2 Å². The van der Waals surface area contributed by atoms with E-state index in [-0.39, 0.29) is 0 Å². The van der Waals surface area contributed by atoms with Crippen molar-refractivity contribution in [2.45, 2.75) is 13.0 Å². The van der Waals surface area contributed by atoms with Crippen LogP contribution in [0.15, 0.2) is 6.20 Å². The maximum absolute atomic E-state index is 11.0. The summed E-state index contributed by atoms with van der Waals surface area (Å²) in [5, 5.41) is 11.7. The predicted molar refractivity (Wildman–Crippen MR) is 45.8 cm³/mol. The van der Waals surface area contributed by atoms with Gasteiger partial charge in [-0.15, -0.1) is 0 Å². The highest BCUT2D eigenvalue weighted by Gasteiger charge is 2.24. The molecule has 1 aliphatic rings. The third kappa shape index (κ3) is 1.58. The van der Waals surface area contributed by atoms with E-state index in [4.69, 9.17) is 5.14 Å². The molecule has 3 N–H and O–H groups in total. The summed E-state index contributed by atoms with van der Waals surface area (Å²) in [6.07, 6.45) is 2.28. The zero-order valence-electron chi connectivity index (χ0n) is 6.90. The third-order valence-corrected chi connectivity index (χ3v) is 3.16. The summed E-state index contributed by atoms with van der Waals surface area (Å²) in [6, 6.07) is 0. The molecule has 0 fully saturated rings. The summed E-state index contributed by atoms with van der Waals surface area (Å²) in [4.78, 5) is 0. The van der Waals surface area contributed by atoms with Gasteiger partial charge in [0.15, 0.2) is 0 Å². The quantitative estimate of drug-likeness (QED) is 0.610. The Kier molecular flexibility index (Phi) is 1.86. The molecule has 2 heterocycles. The van der Waals surface area contributed by atoms with Gasteiger partial charge in [0.2, 0.25) is 0 Å². The van der Waals surface area contributed by atoms with Crippen LogP contribution in [0.1, 0.15) is 11.3 Å². The van der Waals surface area contributed by atoms with E-state index in [0.29, 0.717) is 19.5 Å². The van der Waals surface area contributed by atoms with Crippen LogP contribution in [0.3, 0.4) is 0 Å². The molecule has 1 aromatic rings. The number of nitrogens with zero attached hydrogens (tertiary/aromatic N) is 2. The number of fused-ring (bicyclic) bond motifs is 1. The lowest BCUT2D eigenvalue weighted by atomic mass is 10.1. The van der Waals surface area contributed by atoms with Gasteiger partial charge in [-0.2, -0.15) is 17.8 Å². The zero-order valence-corrected chi connectivity index (χ0v) is 7.71. The number of H-pyrrole nitrogens is 1. The van der Waals surface area contributed by atoms with Gasteiger partial charge < -0.3 is 0 Å². The monoisotopic (exact) mass is 202 g/mol. The van der Waals surface area contributed by atoms with E-state index in [1.54, 1.807) is 6.20 Å². The van der Waals surface area contributed by atoms with E-state index in [1.807, 2.05) is 0 Å². The van der Waals surface area contributed by atoms with E-state index < -0.39 is 10.2 Å². The molecule has 0 unspecified atom stereocenters. The lowest BCUT2D eigenvalue weighted by molar-refractivity contribution is 0.390. The Labute approximate surface area is 75.9 Å². The average Bonchev–Trinajstić information content (AvgIpc) is 2.47. The lowest BCUT2D eigenvalue weighted by Crippen LogP contribution is -2.39. The molecule has 0 aromatic carbocycles. The van der Waals surface area contributed by atoms with Crippen LogP contribution in [-0.4, -0.2) is 29.5 Å². The molecule has 0 saturated carbocycles. The van der Waals surface area contributed by atoms with Gasteiger partial charge in [-0.05, 0) is 0 Å². The molecule has 0 saturated heterocycles. The Bertz CT molecular complexity index is 410. The van der Waals surface area contributed by atoms with Crippen LogP contribution < -0.4 is 5.14 Å². The molecule has 0 atom stereocenters. The first-order chi connectivity index (χ1) is 6.07. The van der Waals surface area contributed by atoms with Gasteiger partial charge in [0.25, 0.3) is 10.2 Å². The minimum absolute atomic E-state index is 0.324. The van der Waals surface area contributed by atoms with Crippen molar-refractivity contribution in [1.29, 1.82) is 0 Å². The second-order valence-corrected chi connectivity index (χ2v) is 4.55. The molecular weight excluding hydrogens is 192 g/mol. The Morgan fingerprint density at radius 2 is 2.38 bits per heavy atom. The first kappa shape index (κ1) is 8.67. The summed E-state index contributed by atoms with van der Waals surface area (Å²) in [5.74, 6) is 0. The number of nitrogens with two attached hydrogens (primary N) is 1. The van der Waals surface area contributed by atoms with E-state index in [1.165, 1.54) is 4.31 Å². The van der Waals surface area contributed by atoms with E-state index in [9.17, 15) is 8.42 Å². The van der Waals surface area contributed by atoms with Crippen molar-refractivity contribution in [1.82, 2.24) is 14.5 Å². The van der Waals surface area contributed by atoms with Gasteiger partial charge in [0.05, 0.1) is 6.20 Å². The lowest BCUT2D eigenvalue weighted by Gasteiger charge is -2.23. The van der Waals surface area contributed by atoms with Crippen molar-refractivity contribution >= 4 is 10.2 Å². The van der Waals surface area contributed by atoms with Crippen molar-refractivity contribution < 1.29 is 8.42 Å². The standard InChI is InChI=1S/C6H10N4O2S/c7-13(11,12)10-2-1-6-5(4-10)3-8-9-6/h3H,1-2,4H2,(H,8,9)(H2,7,11,12). The molecule has 72 valence electrons. The smallest absolute Gasteiger partial charge is 0.277 e. The Balaban J connectivity index is 2.27. The largest absolute Gasteiger partial charge is 0.282 e. The zero-order chi connectivity index (χ0) is 9.47. The van der Waals surface area contributed by atoms with Crippen LogP contribution in [0.4, 0.5) is 0 Å². The molecule has 6 nitrogen and oxygen atoms in total. The van der Waals surface area contributed by atoms with Gasteiger partial charge in [-0.1, -0.05) is 0 Å². The van der Waals surface area contributed by atoms with E-state index in [0.717, 1.165) is 11.3 Å². The molecule has 0 radical (unpaired) electrons. The molecule has 7 heteroatoms. The first-order valence-electron chi connectivity index (χ1n) is 3.86. The Hall–Kier alpha value is -0.920. The maximum atomic E-state index is 11.0. The molecule has 1 aromatic heterocycles. The number of hydrogen-bond acceptors (Lipinski definition) is 3. The van der Waals surface area contributed by atoms with Crippen LogP contribution >= 0.6 is 0 Å². The summed E-state index contributed by atoms with van der Waals surface area (Å²) < 4.78 is 23.2. The minimum atomic E-state index is -3.55. The van der Waals surface area contributed by atoms with Crippen molar-refractivity contribution in [3.8, 4) is 0 Å². The van der Waals surface area contributed by atoms with E-state index >= 15 is 0 Å². The van der Waals surface area contributed by atoms with Crippen molar-refractivity contribution in [2.24, 2.45) is 5.14 Å². The fraction of sp³-hybridized carbons (Fsp3) is 0.500. The molecule has 2 rings (SSSR count). The SMILES string of the molecule is NS(=O)(=O)N1CCc2[nH]ncc2C1. The normalized spacial score (nSPS) is 18.5. The highest BCUT2D eigenvalue weighted by atomic mass is 32.2. The van der Waals surface area contributed by atoms with Crippen LogP contribution in [0.5, 0.6) is 0 Å². The molecule has 0 amide bonds. The predicted octanol–water partition coefficient (Wildman–Crippen LogP) is -1.03. The van der Waals surface area contributed by atoms with Crippen LogP contribution in [0, 0.1) is 0 Å². The fourth-order valence-electron chi connectivity index (χ4n) is 1.41. The molecule has 0 aliphatic carbocycles. The van der Waals surface area contributed by atoms with Gasteiger partial charge in [-0.3, -0.25) is 5.10 Å². The summed E-state index contributed by atoms with van der Waals surface area (Å²) in [7, 11) is -3.55. The topological polar surface area (TPSA) is 92.1 Å². The number of nitrogens with one attached hydrogen (secondary N) is 1. The number of aromatic amines is 1. The van der Waals surface area contributed by atoms with Crippen molar-refractivity contribution in [2.75, 3.05) is 6.54 Å². The number of hydrogen-bond donors (Lipinski definition) is 2. The van der Waals surface area contributed by atoms with Gasteiger partial charge in [0, 0.05) is 30.8 Å². The number of rotatable bonds is 1. The van der Waals surface area contributed by atoms with Gasteiger partial charge in [0.1, 0.15) is 0 Å². The molecule has 13 heavy (non-hydrogen) atoms. The molecule has 0 bridgehead atoms. The van der Waals surface area contributed by atoms with Crippen LogP contribution in [0.2, 0.25) is 0 Å². The third-order valence-electron chi connectivity index (χ3n) is 2.13. The van der Waals surface area contributed by atoms with Gasteiger partial charge >= 0.3 is 0 Å². The summed E-state index contributed by atoms with van der Waals surface area (Å²) in [6.45, 7) is 0.749. The van der Waals surface area contributed by atoms with Crippen LogP contribution in [0.25, 0.3) is 0 Å². The minimum Gasteiger partial charge on any atom is -0.282 e. The number of aromatic nitrogens is 2. The van der Waals surface area contributed by atoms with Crippen molar-refractivity contribution in [3.05, 3.63) is 17.5 Å². The summed E-state index contributed by atoms with van der Waals surface area (Å²) >= 11 is 0. The highest BCUT2D eigenvalue weighted by molar-refractivity contribution is 7.86. The Morgan fingerprint density at radius 3 is 3.08 bits per heavy atom. The van der Waals surface area contributed by atoms with Crippen molar-refractivity contribution in [3.63, 3.8) is 0 Å². The molecular formula is C6H10N4O2S. The molecule has 1 aliphatic heterocycles. The summed E-state index contributed by atoms with van der Waals surface area (Å²) in [5.41, 5.74) is 1.90. The second-order valence-electron chi connectivity index (χ2n) is 3.00. The second kappa shape index (κ2) is 2.79. The average molecular weight is 202 g/mol. The van der Waals surface area contributed by atoms with Crippen LogP contribution in [-0.2, 0) is 23.2 Å². The highest BCUT2D eigenvalue weighted by Crippen LogP contribution is 2.16. The fourth-order valence-corrected chi connectivity index (χ4v) is 2.08. The van der Waals surface area contributed by atoms with Gasteiger partial charge in [-0.25, -0.2) is 5.14 Å². The first-order valence-corrected chi connectivity index (χ1v) is 5.36. The molecule has 0 spiro atoms. The Morgan fingerprint density at radius 1 is 1.62 bits per heavy atom. The maximum Gasteiger partial charge on any atom is 0.277 e.